The molecule has 130 valence electrons. The van der Waals surface area contributed by atoms with Crippen molar-refractivity contribution >= 4 is 40.1 Å². The van der Waals surface area contributed by atoms with E-state index < -0.39 is 0 Å². The second-order valence-corrected chi connectivity index (χ2v) is 7.93. The fourth-order valence-electron chi connectivity index (χ4n) is 2.91. The lowest BCUT2D eigenvalue weighted by molar-refractivity contribution is -0.130. The minimum atomic E-state index is 0.156. The van der Waals surface area contributed by atoms with Crippen molar-refractivity contribution in [2.75, 3.05) is 31.9 Å². The highest BCUT2D eigenvalue weighted by molar-refractivity contribution is 7.99. The zero-order valence-electron chi connectivity index (χ0n) is 13.8. The van der Waals surface area contributed by atoms with Gasteiger partial charge in [0.1, 0.15) is 5.52 Å². The summed E-state index contributed by atoms with van der Waals surface area (Å²) < 4.78 is 5.66. The van der Waals surface area contributed by atoms with Crippen LogP contribution < -0.4 is 0 Å². The van der Waals surface area contributed by atoms with Crippen molar-refractivity contribution in [2.24, 2.45) is 0 Å². The average Bonchev–Trinajstić information content (AvgIpc) is 3.29. The molecular formula is C18H19N3O2S2. The Bertz CT molecular complexity index is 806. The Morgan fingerprint density at radius 2 is 2.00 bits per heavy atom. The molecule has 1 saturated heterocycles. The van der Waals surface area contributed by atoms with E-state index in [-0.39, 0.29) is 5.91 Å². The van der Waals surface area contributed by atoms with Gasteiger partial charge in [-0.25, -0.2) is 4.98 Å². The first-order valence-corrected chi connectivity index (χ1v) is 10.2. The molecule has 1 aliphatic rings. The molecule has 7 heteroatoms. The van der Waals surface area contributed by atoms with Crippen molar-refractivity contribution in [1.82, 2.24) is 14.8 Å². The Morgan fingerprint density at radius 1 is 1.16 bits per heavy atom. The van der Waals surface area contributed by atoms with E-state index in [0.717, 1.165) is 43.8 Å². The highest BCUT2D eigenvalue weighted by Gasteiger charge is 2.22. The summed E-state index contributed by atoms with van der Waals surface area (Å²) in [5.41, 5.74) is 1.60. The van der Waals surface area contributed by atoms with Crippen LogP contribution in [0.5, 0.6) is 0 Å². The normalized spacial score (nSPS) is 15.8. The maximum Gasteiger partial charge on any atom is 0.257 e. The number of amides is 1. The van der Waals surface area contributed by atoms with Gasteiger partial charge in [-0.3, -0.25) is 9.69 Å². The average molecular weight is 374 g/mol. The molecule has 0 radical (unpaired) electrons. The first-order chi connectivity index (χ1) is 12.3. The number of para-hydroxylation sites is 2. The third-order valence-electron chi connectivity index (χ3n) is 4.28. The number of thiophene rings is 1. The van der Waals surface area contributed by atoms with Crippen molar-refractivity contribution in [3.05, 3.63) is 46.7 Å². The summed E-state index contributed by atoms with van der Waals surface area (Å²) in [7, 11) is 0. The van der Waals surface area contributed by atoms with Gasteiger partial charge in [-0.05, 0) is 23.6 Å². The molecule has 1 aliphatic heterocycles. The summed E-state index contributed by atoms with van der Waals surface area (Å²) >= 11 is 3.16. The smallest absolute Gasteiger partial charge is 0.257 e. The molecule has 0 saturated carbocycles. The van der Waals surface area contributed by atoms with Crippen LogP contribution >= 0.6 is 23.1 Å². The topological polar surface area (TPSA) is 49.6 Å². The Hall–Kier alpha value is -1.83. The van der Waals surface area contributed by atoms with Gasteiger partial charge in [0.2, 0.25) is 5.91 Å². The van der Waals surface area contributed by atoms with Crippen LogP contribution in [0.2, 0.25) is 0 Å². The highest BCUT2D eigenvalue weighted by Crippen LogP contribution is 2.23. The number of aromatic nitrogens is 1. The minimum absolute atomic E-state index is 0.156. The second kappa shape index (κ2) is 7.59. The first-order valence-electron chi connectivity index (χ1n) is 8.29. The summed E-state index contributed by atoms with van der Waals surface area (Å²) in [6.07, 6.45) is 0. The Morgan fingerprint density at radius 3 is 2.76 bits per heavy atom. The van der Waals surface area contributed by atoms with Crippen molar-refractivity contribution in [3.8, 4) is 0 Å². The lowest BCUT2D eigenvalue weighted by atomic mass is 10.3. The van der Waals surface area contributed by atoms with Gasteiger partial charge in [0.05, 0.1) is 5.75 Å². The number of rotatable bonds is 5. The van der Waals surface area contributed by atoms with E-state index in [1.165, 1.54) is 16.6 Å². The van der Waals surface area contributed by atoms with E-state index in [9.17, 15) is 4.79 Å². The monoisotopic (exact) mass is 373 g/mol. The Kier molecular flexibility index (Phi) is 5.05. The maximum atomic E-state index is 12.4. The maximum absolute atomic E-state index is 12.4. The largest absolute Gasteiger partial charge is 0.431 e. The van der Waals surface area contributed by atoms with Crippen LogP contribution in [0.3, 0.4) is 0 Å². The molecule has 0 unspecified atom stereocenters. The number of carbonyl (C=O) groups is 1. The van der Waals surface area contributed by atoms with Crippen LogP contribution in [-0.4, -0.2) is 52.6 Å². The number of thioether (sulfide) groups is 1. The number of benzene rings is 1. The molecule has 0 bridgehead atoms. The SMILES string of the molecule is O=C(CSc1nc2ccccc2o1)N1CCN(Cc2cccs2)CC1. The lowest BCUT2D eigenvalue weighted by Crippen LogP contribution is -2.48. The number of nitrogens with zero attached hydrogens (tertiary/aromatic N) is 3. The number of piperazine rings is 1. The van der Waals surface area contributed by atoms with Crippen LogP contribution in [0.15, 0.2) is 51.4 Å². The van der Waals surface area contributed by atoms with Gasteiger partial charge in [0.25, 0.3) is 5.22 Å². The second-order valence-electron chi connectivity index (χ2n) is 5.97. The summed E-state index contributed by atoms with van der Waals surface area (Å²) in [6, 6.07) is 11.9. The third-order valence-corrected chi connectivity index (χ3v) is 5.95. The van der Waals surface area contributed by atoms with Crippen LogP contribution in [0, 0.1) is 0 Å². The number of carbonyl (C=O) groups excluding carboxylic acids is 1. The van der Waals surface area contributed by atoms with Gasteiger partial charge in [-0.1, -0.05) is 30.0 Å². The molecule has 1 amide bonds. The zero-order valence-corrected chi connectivity index (χ0v) is 15.4. The minimum Gasteiger partial charge on any atom is -0.431 e. The van der Waals surface area contributed by atoms with Gasteiger partial charge < -0.3 is 9.32 Å². The van der Waals surface area contributed by atoms with Crippen LogP contribution in [0.25, 0.3) is 11.1 Å². The van der Waals surface area contributed by atoms with Crippen LogP contribution in [0.1, 0.15) is 4.88 Å². The fourth-order valence-corrected chi connectivity index (χ4v) is 4.39. The van der Waals surface area contributed by atoms with Gasteiger partial charge in [0.15, 0.2) is 5.58 Å². The highest BCUT2D eigenvalue weighted by atomic mass is 32.2. The van der Waals surface area contributed by atoms with Crippen molar-refractivity contribution < 1.29 is 9.21 Å². The molecule has 5 nitrogen and oxygen atoms in total. The molecule has 3 aromatic rings. The van der Waals surface area contributed by atoms with E-state index in [0.29, 0.717) is 11.0 Å². The number of oxazole rings is 1. The quantitative estimate of drug-likeness (QED) is 0.642. The van der Waals surface area contributed by atoms with Crippen LogP contribution in [-0.2, 0) is 11.3 Å². The van der Waals surface area contributed by atoms with Crippen molar-refractivity contribution in [1.29, 1.82) is 0 Å². The van der Waals surface area contributed by atoms with Crippen molar-refractivity contribution in [3.63, 3.8) is 0 Å². The summed E-state index contributed by atoms with van der Waals surface area (Å²) in [4.78, 5) is 22.6. The number of fused-ring (bicyclic) bond motifs is 1. The standard InChI is InChI=1S/C18H19N3O2S2/c22-17(13-25-18-19-15-5-1-2-6-16(15)23-18)21-9-7-20(8-10-21)12-14-4-3-11-24-14/h1-6,11H,7-10,12-13H2. The molecule has 4 rings (SSSR count). The molecule has 3 heterocycles. The number of hydrogen-bond donors (Lipinski definition) is 0. The first kappa shape index (κ1) is 16.6. The van der Waals surface area contributed by atoms with Gasteiger partial charge >= 0.3 is 0 Å². The Balaban J connectivity index is 1.26. The Labute approximate surface area is 154 Å². The van der Waals surface area contributed by atoms with E-state index in [4.69, 9.17) is 4.42 Å². The summed E-state index contributed by atoms with van der Waals surface area (Å²) in [5.74, 6) is 0.528. The molecule has 0 N–H and O–H groups in total. The fraction of sp³-hybridized carbons (Fsp3) is 0.333. The molecule has 1 fully saturated rings. The molecule has 0 aliphatic carbocycles. The van der Waals surface area contributed by atoms with Gasteiger partial charge in [-0.15, -0.1) is 11.3 Å². The van der Waals surface area contributed by atoms with E-state index >= 15 is 0 Å². The summed E-state index contributed by atoms with van der Waals surface area (Å²) in [6.45, 7) is 4.42. The molecule has 0 atom stereocenters. The molecule has 25 heavy (non-hydrogen) atoms. The molecular weight excluding hydrogens is 354 g/mol. The van der Waals surface area contributed by atoms with Gasteiger partial charge in [0, 0.05) is 37.6 Å². The van der Waals surface area contributed by atoms with E-state index in [1.54, 1.807) is 11.3 Å². The summed E-state index contributed by atoms with van der Waals surface area (Å²) in [5, 5.41) is 2.67. The predicted molar refractivity (Wildman–Crippen MR) is 101 cm³/mol. The van der Waals surface area contributed by atoms with Crippen LogP contribution in [0.4, 0.5) is 0 Å². The predicted octanol–water partition coefficient (Wildman–Crippen LogP) is 3.33. The molecule has 0 spiro atoms. The third kappa shape index (κ3) is 4.05. The lowest BCUT2D eigenvalue weighted by Gasteiger charge is -2.34. The molecule has 1 aromatic carbocycles. The van der Waals surface area contributed by atoms with E-state index in [1.807, 2.05) is 29.2 Å². The zero-order chi connectivity index (χ0) is 17.1. The molecule has 2 aromatic heterocycles. The van der Waals surface area contributed by atoms with Crippen molar-refractivity contribution in [2.45, 2.75) is 11.8 Å². The van der Waals surface area contributed by atoms with E-state index in [2.05, 4.69) is 27.4 Å². The van der Waals surface area contributed by atoms with Gasteiger partial charge in [-0.2, -0.15) is 0 Å². The number of hydrogen-bond acceptors (Lipinski definition) is 6.